The first-order chi connectivity index (χ1) is 6.73. The van der Waals surface area contributed by atoms with Crippen LogP contribution < -0.4 is 11.5 Å². The molecule has 0 unspecified atom stereocenters. The molecule has 1 aromatic carbocycles. The van der Waals surface area contributed by atoms with Gasteiger partial charge >= 0.3 is 6.18 Å². The van der Waals surface area contributed by atoms with Crippen LogP contribution in [0.4, 0.5) is 23.2 Å². The van der Waals surface area contributed by atoms with E-state index in [0.717, 1.165) is 6.07 Å². The number of anilines is 1. The van der Waals surface area contributed by atoms with Crippen LogP contribution in [0.1, 0.15) is 24.1 Å². The van der Waals surface area contributed by atoms with Crippen molar-refractivity contribution >= 4 is 18.1 Å². The topological polar surface area (TPSA) is 52.0 Å². The Balaban J connectivity index is 0.00000225. The minimum atomic E-state index is -4.76. The highest BCUT2D eigenvalue weighted by Gasteiger charge is 2.35. The average molecular weight is 259 g/mol. The molecule has 0 aromatic heterocycles. The summed E-state index contributed by atoms with van der Waals surface area (Å²) in [6, 6.07) is 0.825. The van der Waals surface area contributed by atoms with Crippen LogP contribution in [0, 0.1) is 5.82 Å². The zero-order valence-electron chi connectivity index (χ0n) is 8.31. The van der Waals surface area contributed by atoms with Crippen LogP contribution in [0.5, 0.6) is 0 Å². The number of alkyl halides is 3. The van der Waals surface area contributed by atoms with E-state index in [1.54, 1.807) is 0 Å². The molecule has 7 heteroatoms. The summed E-state index contributed by atoms with van der Waals surface area (Å²) in [6.07, 6.45) is -4.76. The summed E-state index contributed by atoms with van der Waals surface area (Å²) in [5, 5.41) is 0. The molecule has 92 valence electrons. The summed E-state index contributed by atoms with van der Waals surface area (Å²) in [7, 11) is 0. The van der Waals surface area contributed by atoms with Crippen molar-refractivity contribution in [1.29, 1.82) is 0 Å². The Morgan fingerprint density at radius 1 is 1.25 bits per heavy atom. The largest absolute Gasteiger partial charge is 0.419 e. The molecular weight excluding hydrogens is 248 g/mol. The third kappa shape index (κ3) is 2.99. The molecule has 0 fully saturated rings. The third-order valence-electron chi connectivity index (χ3n) is 1.92. The fourth-order valence-corrected chi connectivity index (χ4v) is 1.21. The Bertz CT molecular complexity index is 377. The molecule has 16 heavy (non-hydrogen) atoms. The summed E-state index contributed by atoms with van der Waals surface area (Å²) in [4.78, 5) is 0. The van der Waals surface area contributed by atoms with Crippen LogP contribution in [-0.2, 0) is 6.18 Å². The fourth-order valence-electron chi connectivity index (χ4n) is 1.21. The molecule has 1 atom stereocenters. The van der Waals surface area contributed by atoms with E-state index >= 15 is 0 Å². The highest BCUT2D eigenvalue weighted by atomic mass is 35.5. The molecule has 2 nitrogen and oxygen atoms in total. The second-order valence-corrected chi connectivity index (χ2v) is 3.26. The first kappa shape index (κ1) is 15.0. The van der Waals surface area contributed by atoms with Gasteiger partial charge in [-0.25, -0.2) is 4.39 Å². The third-order valence-corrected chi connectivity index (χ3v) is 1.92. The quantitative estimate of drug-likeness (QED) is 0.601. The van der Waals surface area contributed by atoms with Crippen molar-refractivity contribution in [2.75, 3.05) is 5.73 Å². The average Bonchev–Trinajstić information content (AvgIpc) is 2.06. The predicted molar refractivity (Wildman–Crippen MR) is 55.7 cm³/mol. The van der Waals surface area contributed by atoms with Gasteiger partial charge in [-0.3, -0.25) is 0 Å². The predicted octanol–water partition coefficient (Wildman–Crippen LogP) is 2.87. The lowest BCUT2D eigenvalue weighted by Crippen LogP contribution is -2.15. The van der Waals surface area contributed by atoms with Crippen molar-refractivity contribution in [3.63, 3.8) is 0 Å². The van der Waals surface area contributed by atoms with Crippen LogP contribution in [0.3, 0.4) is 0 Å². The summed E-state index contributed by atoms with van der Waals surface area (Å²) >= 11 is 0. The zero-order valence-corrected chi connectivity index (χ0v) is 9.12. The summed E-state index contributed by atoms with van der Waals surface area (Å²) in [5.74, 6) is -1.35. The molecule has 0 bridgehead atoms. The van der Waals surface area contributed by atoms with Crippen LogP contribution in [-0.4, -0.2) is 0 Å². The van der Waals surface area contributed by atoms with E-state index in [9.17, 15) is 17.6 Å². The first-order valence-electron chi connectivity index (χ1n) is 4.15. The van der Waals surface area contributed by atoms with Gasteiger partial charge in [0.05, 0.1) is 5.56 Å². The van der Waals surface area contributed by atoms with Crippen molar-refractivity contribution in [3.05, 3.63) is 29.1 Å². The van der Waals surface area contributed by atoms with E-state index in [4.69, 9.17) is 11.5 Å². The Labute approximate surface area is 96.0 Å². The lowest BCUT2D eigenvalue weighted by Gasteiger charge is -2.14. The molecule has 0 saturated carbocycles. The fraction of sp³-hybridized carbons (Fsp3) is 0.333. The Morgan fingerprint density at radius 3 is 2.12 bits per heavy atom. The second kappa shape index (κ2) is 4.88. The molecule has 0 radical (unpaired) electrons. The van der Waals surface area contributed by atoms with Crippen LogP contribution >= 0.6 is 12.4 Å². The van der Waals surface area contributed by atoms with Gasteiger partial charge < -0.3 is 11.5 Å². The molecule has 0 saturated heterocycles. The monoisotopic (exact) mass is 258 g/mol. The molecule has 0 amide bonds. The van der Waals surface area contributed by atoms with Gasteiger partial charge in [0.25, 0.3) is 0 Å². The van der Waals surface area contributed by atoms with Crippen molar-refractivity contribution in [2.24, 2.45) is 5.73 Å². The highest BCUT2D eigenvalue weighted by Crippen LogP contribution is 2.35. The van der Waals surface area contributed by atoms with Crippen LogP contribution in [0.25, 0.3) is 0 Å². The van der Waals surface area contributed by atoms with E-state index in [1.165, 1.54) is 6.92 Å². The van der Waals surface area contributed by atoms with Crippen molar-refractivity contribution in [1.82, 2.24) is 0 Å². The standard InChI is InChI=1S/C9H10F4N2.ClH/c1-4(14)6-2-5(15)3-7(8(6)10)9(11,12)13;/h2-4H,14-15H2,1H3;1H/t4-;/m1./s1. The summed E-state index contributed by atoms with van der Waals surface area (Å²) < 4.78 is 50.4. The van der Waals surface area contributed by atoms with Crippen molar-refractivity contribution < 1.29 is 17.6 Å². The SMILES string of the molecule is C[C@@H](N)c1cc(N)cc(C(F)(F)F)c1F.Cl. The maximum atomic E-state index is 13.3. The van der Waals surface area contributed by atoms with E-state index in [2.05, 4.69) is 0 Å². The number of hydrogen-bond donors (Lipinski definition) is 2. The van der Waals surface area contributed by atoms with Gasteiger partial charge in [0.2, 0.25) is 0 Å². The molecule has 0 aliphatic rings. The van der Waals surface area contributed by atoms with Gasteiger partial charge in [-0.15, -0.1) is 12.4 Å². The van der Waals surface area contributed by atoms with E-state index < -0.39 is 23.6 Å². The minimum absolute atomic E-state index is 0. The van der Waals surface area contributed by atoms with E-state index in [1.807, 2.05) is 0 Å². The lowest BCUT2D eigenvalue weighted by atomic mass is 10.0. The smallest absolute Gasteiger partial charge is 0.399 e. The zero-order chi connectivity index (χ0) is 11.8. The van der Waals surface area contributed by atoms with E-state index in [0.29, 0.717) is 6.07 Å². The van der Waals surface area contributed by atoms with Gasteiger partial charge in [-0.05, 0) is 19.1 Å². The second-order valence-electron chi connectivity index (χ2n) is 3.26. The minimum Gasteiger partial charge on any atom is -0.399 e. The van der Waals surface area contributed by atoms with Crippen LogP contribution in [0.2, 0.25) is 0 Å². The number of benzene rings is 1. The molecule has 1 rings (SSSR count). The van der Waals surface area contributed by atoms with Crippen molar-refractivity contribution in [2.45, 2.75) is 19.1 Å². The number of nitrogen functional groups attached to an aromatic ring is 1. The van der Waals surface area contributed by atoms with Crippen LogP contribution in [0.15, 0.2) is 12.1 Å². The summed E-state index contributed by atoms with van der Waals surface area (Å²) in [6.45, 7) is 1.39. The summed E-state index contributed by atoms with van der Waals surface area (Å²) in [5.41, 5.74) is 8.80. The molecule has 1 aromatic rings. The van der Waals surface area contributed by atoms with Crippen molar-refractivity contribution in [3.8, 4) is 0 Å². The molecule has 0 heterocycles. The molecule has 0 aliphatic carbocycles. The first-order valence-corrected chi connectivity index (χ1v) is 4.15. The molecule has 0 spiro atoms. The number of halogens is 5. The number of hydrogen-bond acceptors (Lipinski definition) is 2. The normalized spacial score (nSPS) is 13.1. The van der Waals surface area contributed by atoms with E-state index in [-0.39, 0.29) is 23.7 Å². The maximum absolute atomic E-state index is 13.3. The van der Waals surface area contributed by atoms with Gasteiger partial charge in [-0.1, -0.05) is 0 Å². The highest BCUT2D eigenvalue weighted by molar-refractivity contribution is 5.85. The maximum Gasteiger partial charge on any atom is 0.419 e. The number of nitrogens with two attached hydrogens (primary N) is 2. The van der Waals surface area contributed by atoms with Gasteiger partial charge in [0, 0.05) is 17.3 Å². The Kier molecular flexibility index (Phi) is 4.57. The Morgan fingerprint density at radius 2 is 1.75 bits per heavy atom. The number of rotatable bonds is 1. The molecule has 0 aliphatic heterocycles. The Hall–Kier alpha value is -1.01. The van der Waals surface area contributed by atoms with Gasteiger partial charge in [0.1, 0.15) is 5.82 Å². The van der Waals surface area contributed by atoms with Gasteiger partial charge in [0.15, 0.2) is 0 Å². The molecular formula is C9H11ClF4N2. The molecule has 4 N–H and O–H groups in total. The lowest BCUT2D eigenvalue weighted by molar-refractivity contribution is -0.140. The van der Waals surface area contributed by atoms with Gasteiger partial charge in [-0.2, -0.15) is 13.2 Å².